The summed E-state index contributed by atoms with van der Waals surface area (Å²) in [7, 11) is 0. The van der Waals surface area contributed by atoms with E-state index in [0.29, 0.717) is 6.54 Å². The van der Waals surface area contributed by atoms with Gasteiger partial charge in [0.05, 0.1) is 6.10 Å². The van der Waals surface area contributed by atoms with Gasteiger partial charge < -0.3 is 15.4 Å². The van der Waals surface area contributed by atoms with Crippen molar-refractivity contribution >= 4 is 0 Å². The average Bonchev–Trinajstić information content (AvgIpc) is 2.28. The summed E-state index contributed by atoms with van der Waals surface area (Å²) in [5.41, 5.74) is 5.69. The highest BCUT2D eigenvalue weighted by Gasteiger charge is 2.23. The molecule has 1 rings (SSSR count). The smallest absolute Gasteiger partial charge is 0.0709 e. The Bertz CT molecular complexity index is 187. The van der Waals surface area contributed by atoms with Gasteiger partial charge in [0.15, 0.2) is 0 Å². The summed E-state index contributed by atoms with van der Waals surface area (Å²) in [4.78, 5) is 2.59. The van der Waals surface area contributed by atoms with E-state index in [0.717, 1.165) is 31.5 Å². The average molecular weight is 228 g/mol. The van der Waals surface area contributed by atoms with Crippen molar-refractivity contribution < 1.29 is 4.74 Å². The van der Waals surface area contributed by atoms with Gasteiger partial charge in [-0.2, -0.15) is 0 Å². The van der Waals surface area contributed by atoms with Gasteiger partial charge in [0, 0.05) is 32.3 Å². The van der Waals surface area contributed by atoms with E-state index in [4.69, 9.17) is 10.5 Å². The van der Waals surface area contributed by atoms with Gasteiger partial charge in [-0.15, -0.1) is 0 Å². The van der Waals surface area contributed by atoms with Crippen LogP contribution < -0.4 is 5.73 Å². The van der Waals surface area contributed by atoms with Gasteiger partial charge in [-0.25, -0.2) is 0 Å². The van der Waals surface area contributed by atoms with Gasteiger partial charge in [0.25, 0.3) is 0 Å². The third-order valence-electron chi connectivity index (χ3n) is 3.65. The van der Waals surface area contributed by atoms with Crippen LogP contribution in [0, 0.1) is 5.92 Å². The molecule has 1 heterocycles. The van der Waals surface area contributed by atoms with E-state index in [-0.39, 0.29) is 6.10 Å². The van der Waals surface area contributed by atoms with Crippen molar-refractivity contribution in [2.24, 2.45) is 11.7 Å². The number of hydrogen-bond donors (Lipinski definition) is 1. The lowest BCUT2D eigenvalue weighted by Gasteiger charge is -2.37. The fourth-order valence-electron chi connectivity index (χ4n) is 2.51. The summed E-state index contributed by atoms with van der Waals surface area (Å²) in [6, 6.07) is 0.733. The number of nitrogens with zero attached hydrogens (tertiary/aromatic N) is 1. The van der Waals surface area contributed by atoms with Crippen LogP contribution in [0.2, 0.25) is 0 Å². The van der Waals surface area contributed by atoms with E-state index in [1.165, 1.54) is 19.4 Å². The molecule has 2 N–H and O–H groups in total. The van der Waals surface area contributed by atoms with Crippen LogP contribution in [0.25, 0.3) is 0 Å². The van der Waals surface area contributed by atoms with Gasteiger partial charge in [-0.1, -0.05) is 6.92 Å². The fraction of sp³-hybridized carbons (Fsp3) is 1.00. The summed E-state index contributed by atoms with van der Waals surface area (Å²) >= 11 is 0. The van der Waals surface area contributed by atoms with Crippen LogP contribution in [0.1, 0.15) is 40.0 Å². The molecule has 0 saturated carbocycles. The van der Waals surface area contributed by atoms with Crippen molar-refractivity contribution in [3.63, 3.8) is 0 Å². The summed E-state index contributed by atoms with van der Waals surface area (Å²) in [5.74, 6) is 0.847. The molecule has 0 aromatic heterocycles. The Hall–Kier alpha value is -0.120. The standard InChI is InChI=1S/C13H28N2O/c1-4-16-13(9-14)7-8-15-10-11(2)5-6-12(15)3/h11-13H,4-10,14H2,1-3H3. The molecule has 0 aromatic carbocycles. The zero-order chi connectivity index (χ0) is 12.0. The Balaban J connectivity index is 2.28. The summed E-state index contributed by atoms with van der Waals surface area (Å²) in [6.07, 6.45) is 4.03. The lowest BCUT2D eigenvalue weighted by molar-refractivity contribution is 0.0417. The van der Waals surface area contributed by atoms with Gasteiger partial charge >= 0.3 is 0 Å². The first kappa shape index (κ1) is 13.9. The van der Waals surface area contributed by atoms with Crippen LogP contribution in [0.4, 0.5) is 0 Å². The van der Waals surface area contributed by atoms with Gasteiger partial charge in [0.2, 0.25) is 0 Å². The molecule has 3 atom stereocenters. The highest BCUT2D eigenvalue weighted by atomic mass is 16.5. The number of piperidine rings is 1. The predicted octanol–water partition coefficient (Wildman–Crippen LogP) is 1.86. The zero-order valence-electron chi connectivity index (χ0n) is 11.1. The van der Waals surface area contributed by atoms with Crippen molar-refractivity contribution in [2.75, 3.05) is 26.2 Å². The summed E-state index contributed by atoms with van der Waals surface area (Å²) in [5, 5.41) is 0. The molecule has 16 heavy (non-hydrogen) atoms. The van der Waals surface area contributed by atoms with Crippen LogP contribution in [-0.4, -0.2) is 43.3 Å². The van der Waals surface area contributed by atoms with E-state index < -0.39 is 0 Å². The maximum atomic E-state index is 5.69. The van der Waals surface area contributed by atoms with Crippen molar-refractivity contribution in [1.82, 2.24) is 4.90 Å². The second-order valence-corrected chi connectivity index (χ2v) is 5.13. The minimum Gasteiger partial charge on any atom is -0.377 e. The Morgan fingerprint density at radius 3 is 2.75 bits per heavy atom. The number of rotatable bonds is 6. The van der Waals surface area contributed by atoms with Gasteiger partial charge in [0.1, 0.15) is 0 Å². The van der Waals surface area contributed by atoms with Crippen molar-refractivity contribution in [3.8, 4) is 0 Å². The number of likely N-dealkylation sites (tertiary alicyclic amines) is 1. The first-order chi connectivity index (χ1) is 7.67. The van der Waals surface area contributed by atoms with E-state index in [1.807, 2.05) is 6.92 Å². The van der Waals surface area contributed by atoms with Gasteiger partial charge in [-0.05, 0) is 39.0 Å². The molecule has 3 nitrogen and oxygen atoms in total. The Morgan fingerprint density at radius 2 is 2.12 bits per heavy atom. The second kappa shape index (κ2) is 7.25. The van der Waals surface area contributed by atoms with E-state index >= 15 is 0 Å². The van der Waals surface area contributed by atoms with Gasteiger partial charge in [-0.3, -0.25) is 0 Å². The first-order valence-corrected chi connectivity index (χ1v) is 6.73. The van der Waals surface area contributed by atoms with E-state index in [9.17, 15) is 0 Å². The van der Waals surface area contributed by atoms with Crippen LogP contribution in [0.15, 0.2) is 0 Å². The fourth-order valence-corrected chi connectivity index (χ4v) is 2.51. The maximum absolute atomic E-state index is 5.69. The molecule has 0 aromatic rings. The lowest BCUT2D eigenvalue weighted by atomic mass is 9.95. The Morgan fingerprint density at radius 1 is 1.38 bits per heavy atom. The first-order valence-electron chi connectivity index (χ1n) is 6.73. The van der Waals surface area contributed by atoms with Crippen molar-refractivity contribution in [3.05, 3.63) is 0 Å². The molecule has 3 heteroatoms. The Kier molecular flexibility index (Phi) is 6.32. The van der Waals surface area contributed by atoms with Crippen LogP contribution in [-0.2, 0) is 4.74 Å². The minimum atomic E-state index is 0.245. The van der Waals surface area contributed by atoms with E-state index in [2.05, 4.69) is 18.7 Å². The topological polar surface area (TPSA) is 38.5 Å². The molecule has 1 fully saturated rings. The molecule has 3 unspecified atom stereocenters. The van der Waals surface area contributed by atoms with E-state index in [1.54, 1.807) is 0 Å². The molecule has 1 saturated heterocycles. The predicted molar refractivity (Wildman–Crippen MR) is 68.5 cm³/mol. The van der Waals surface area contributed by atoms with Crippen LogP contribution in [0.3, 0.4) is 0 Å². The zero-order valence-corrected chi connectivity index (χ0v) is 11.1. The normalized spacial score (nSPS) is 29.2. The quantitative estimate of drug-likeness (QED) is 0.754. The largest absolute Gasteiger partial charge is 0.377 e. The molecule has 0 aliphatic carbocycles. The summed E-state index contributed by atoms with van der Waals surface area (Å²) < 4.78 is 5.59. The number of ether oxygens (including phenoxy) is 1. The number of hydrogen-bond acceptors (Lipinski definition) is 3. The highest BCUT2D eigenvalue weighted by Crippen LogP contribution is 2.21. The summed E-state index contributed by atoms with van der Waals surface area (Å²) in [6.45, 7) is 10.5. The maximum Gasteiger partial charge on any atom is 0.0709 e. The highest BCUT2D eigenvalue weighted by molar-refractivity contribution is 4.77. The molecule has 1 aliphatic rings. The molecule has 0 amide bonds. The number of nitrogens with two attached hydrogens (primary N) is 1. The molecular weight excluding hydrogens is 200 g/mol. The molecule has 1 aliphatic heterocycles. The Labute approximate surface area is 100 Å². The molecule has 0 spiro atoms. The third kappa shape index (κ3) is 4.40. The monoisotopic (exact) mass is 228 g/mol. The minimum absolute atomic E-state index is 0.245. The molecule has 0 radical (unpaired) electrons. The van der Waals surface area contributed by atoms with Crippen LogP contribution >= 0.6 is 0 Å². The SMILES string of the molecule is CCOC(CN)CCN1CC(C)CCC1C. The van der Waals surface area contributed by atoms with Crippen LogP contribution in [0.5, 0.6) is 0 Å². The second-order valence-electron chi connectivity index (χ2n) is 5.13. The molecular formula is C13H28N2O. The van der Waals surface area contributed by atoms with Crippen molar-refractivity contribution in [2.45, 2.75) is 52.2 Å². The molecule has 0 bridgehead atoms. The lowest BCUT2D eigenvalue weighted by Crippen LogP contribution is -2.43. The third-order valence-corrected chi connectivity index (χ3v) is 3.65. The van der Waals surface area contributed by atoms with Crippen molar-refractivity contribution in [1.29, 1.82) is 0 Å². The molecule has 96 valence electrons.